The molecule has 6 nitrogen and oxygen atoms in total. The summed E-state index contributed by atoms with van der Waals surface area (Å²) in [6.07, 6.45) is 1.15. The van der Waals surface area contributed by atoms with Crippen LogP contribution < -0.4 is 10.6 Å². The number of carbonyl (C=O) groups is 1. The molecule has 3 rings (SSSR count). The molecule has 0 bridgehead atoms. The van der Waals surface area contributed by atoms with E-state index in [1.807, 2.05) is 4.90 Å². The average Bonchev–Trinajstić information content (AvgIpc) is 3.40. The zero-order valence-electron chi connectivity index (χ0n) is 16.3. The number of hydrogen-bond acceptors (Lipinski definition) is 4. The van der Waals surface area contributed by atoms with Crippen molar-refractivity contribution in [3.05, 3.63) is 16.1 Å². The number of thiazole rings is 1. The fourth-order valence-corrected chi connectivity index (χ4v) is 4.55. The summed E-state index contributed by atoms with van der Waals surface area (Å²) in [5.74, 6) is 1.05. The Morgan fingerprint density at radius 1 is 1.34 bits per heavy atom. The number of rotatable bonds is 5. The highest BCUT2D eigenvalue weighted by atomic mass is 127. The first kappa shape index (κ1) is 24.2. The van der Waals surface area contributed by atoms with Crippen LogP contribution in [-0.4, -0.2) is 54.5 Å². The van der Waals surface area contributed by atoms with E-state index in [-0.39, 0.29) is 41.8 Å². The molecular weight excluding hydrogens is 518 g/mol. The van der Waals surface area contributed by atoms with Gasteiger partial charge in [-0.2, -0.15) is 13.2 Å². The zero-order valence-corrected chi connectivity index (χ0v) is 19.4. The lowest BCUT2D eigenvalue weighted by molar-refractivity contribution is -0.140. The van der Waals surface area contributed by atoms with Gasteiger partial charge in [0.25, 0.3) is 0 Å². The van der Waals surface area contributed by atoms with E-state index in [4.69, 9.17) is 0 Å². The lowest BCUT2D eigenvalue weighted by Crippen LogP contribution is -2.45. The molecule has 1 saturated heterocycles. The molecule has 1 aromatic rings. The van der Waals surface area contributed by atoms with Crippen molar-refractivity contribution in [1.29, 1.82) is 0 Å². The van der Waals surface area contributed by atoms with Crippen molar-refractivity contribution in [2.75, 3.05) is 26.7 Å². The van der Waals surface area contributed by atoms with Gasteiger partial charge in [-0.15, -0.1) is 35.3 Å². The van der Waals surface area contributed by atoms with Crippen LogP contribution in [0.2, 0.25) is 0 Å². The smallest absolute Gasteiger partial charge is 0.356 e. The minimum Gasteiger partial charge on any atom is -0.356 e. The summed E-state index contributed by atoms with van der Waals surface area (Å²) in [4.78, 5) is 22.2. The number of halogens is 4. The quantitative estimate of drug-likeness (QED) is 0.339. The third kappa shape index (κ3) is 6.69. The second-order valence-electron chi connectivity index (χ2n) is 7.27. The van der Waals surface area contributed by atoms with Gasteiger partial charge in [0.2, 0.25) is 5.91 Å². The normalized spacial score (nSPS) is 20.6. The molecule has 2 heterocycles. The van der Waals surface area contributed by atoms with Crippen LogP contribution >= 0.6 is 35.3 Å². The molecule has 164 valence electrons. The molecule has 0 radical (unpaired) electrons. The molecule has 1 aromatic heterocycles. The maximum absolute atomic E-state index is 12.6. The van der Waals surface area contributed by atoms with Crippen LogP contribution in [0.25, 0.3) is 0 Å². The first-order valence-corrected chi connectivity index (χ1v) is 10.5. The van der Waals surface area contributed by atoms with Crippen molar-refractivity contribution in [3.8, 4) is 0 Å². The van der Waals surface area contributed by atoms with Crippen molar-refractivity contribution in [2.24, 2.45) is 10.9 Å². The summed E-state index contributed by atoms with van der Waals surface area (Å²) in [7, 11) is 1.65. The Morgan fingerprint density at radius 2 is 2.07 bits per heavy atom. The topological polar surface area (TPSA) is 69.6 Å². The van der Waals surface area contributed by atoms with Crippen LogP contribution in [-0.2, 0) is 17.4 Å². The number of aromatic nitrogens is 1. The molecule has 1 amide bonds. The van der Waals surface area contributed by atoms with E-state index in [1.54, 1.807) is 7.05 Å². The van der Waals surface area contributed by atoms with Crippen molar-refractivity contribution < 1.29 is 18.0 Å². The summed E-state index contributed by atoms with van der Waals surface area (Å²) in [5, 5.41) is 7.89. The Morgan fingerprint density at radius 3 is 2.69 bits per heavy atom. The van der Waals surface area contributed by atoms with Crippen molar-refractivity contribution in [2.45, 2.75) is 50.7 Å². The first-order chi connectivity index (χ1) is 13.4. The Balaban J connectivity index is 0.00000300. The lowest BCUT2D eigenvalue weighted by atomic mass is 10.1. The van der Waals surface area contributed by atoms with Gasteiger partial charge in [0, 0.05) is 50.4 Å². The fourth-order valence-electron chi connectivity index (χ4n) is 3.74. The van der Waals surface area contributed by atoms with Crippen LogP contribution in [0.15, 0.2) is 10.4 Å². The van der Waals surface area contributed by atoms with E-state index >= 15 is 0 Å². The van der Waals surface area contributed by atoms with Crippen LogP contribution in [0.3, 0.4) is 0 Å². The molecule has 0 spiro atoms. The van der Waals surface area contributed by atoms with E-state index in [2.05, 4.69) is 20.6 Å². The number of alkyl halides is 3. The molecule has 2 fully saturated rings. The monoisotopic (exact) mass is 545 g/mol. The van der Waals surface area contributed by atoms with Gasteiger partial charge in [-0.25, -0.2) is 4.98 Å². The molecule has 2 aliphatic rings. The standard InChI is InChI=1S/C18H26F3N5OS.HI/c1-22-17(23-8-6-15-25-14(11-28-15)18(19,20)21)24-13-7-9-26(10-13)16(27)12-4-2-3-5-12;/h11-13H,2-10H2,1H3,(H2,22,23,24);1H. The summed E-state index contributed by atoms with van der Waals surface area (Å²) in [6.45, 7) is 1.85. The van der Waals surface area contributed by atoms with Crippen LogP contribution in [0, 0.1) is 5.92 Å². The number of nitrogens with one attached hydrogen (secondary N) is 2. The van der Waals surface area contributed by atoms with E-state index in [1.165, 1.54) is 0 Å². The predicted octanol–water partition coefficient (Wildman–Crippen LogP) is 3.28. The molecule has 2 N–H and O–H groups in total. The largest absolute Gasteiger partial charge is 0.434 e. The van der Waals surface area contributed by atoms with Crippen LogP contribution in [0.4, 0.5) is 13.2 Å². The first-order valence-electron chi connectivity index (χ1n) is 9.64. The third-order valence-corrected chi connectivity index (χ3v) is 6.15. The van der Waals surface area contributed by atoms with Gasteiger partial charge in [0.05, 0.1) is 5.01 Å². The predicted molar refractivity (Wildman–Crippen MR) is 118 cm³/mol. The Labute approximate surface area is 189 Å². The number of amides is 1. The number of guanidine groups is 1. The number of aliphatic imine (C=N–C) groups is 1. The van der Waals surface area contributed by atoms with Crippen molar-refractivity contribution in [1.82, 2.24) is 20.5 Å². The molecule has 11 heteroatoms. The lowest BCUT2D eigenvalue weighted by Gasteiger charge is -2.21. The summed E-state index contributed by atoms with van der Waals surface area (Å²) in [5.41, 5.74) is -0.840. The van der Waals surface area contributed by atoms with E-state index in [9.17, 15) is 18.0 Å². The van der Waals surface area contributed by atoms with Crippen LogP contribution in [0.1, 0.15) is 42.8 Å². The highest BCUT2D eigenvalue weighted by Crippen LogP contribution is 2.30. The van der Waals surface area contributed by atoms with Gasteiger partial charge in [-0.05, 0) is 19.3 Å². The second-order valence-corrected chi connectivity index (χ2v) is 8.21. The Hall–Kier alpha value is -1.11. The van der Waals surface area contributed by atoms with Gasteiger partial charge in [0.1, 0.15) is 0 Å². The third-order valence-electron chi connectivity index (χ3n) is 5.24. The number of carbonyl (C=O) groups excluding carboxylic acids is 1. The molecule has 1 saturated carbocycles. The molecule has 1 unspecified atom stereocenters. The van der Waals surface area contributed by atoms with Crippen LogP contribution in [0.5, 0.6) is 0 Å². The molecule has 1 aliphatic heterocycles. The summed E-state index contributed by atoms with van der Waals surface area (Å²) in [6, 6.07) is 0.133. The number of hydrogen-bond donors (Lipinski definition) is 2. The van der Waals surface area contributed by atoms with E-state index in [0.717, 1.165) is 55.4 Å². The summed E-state index contributed by atoms with van der Waals surface area (Å²) >= 11 is 1.01. The fraction of sp³-hybridized carbons (Fsp3) is 0.722. The second kappa shape index (κ2) is 10.8. The van der Waals surface area contributed by atoms with E-state index in [0.29, 0.717) is 30.5 Å². The summed E-state index contributed by atoms with van der Waals surface area (Å²) < 4.78 is 37.8. The molecule has 0 aromatic carbocycles. The van der Waals surface area contributed by atoms with Gasteiger partial charge in [0.15, 0.2) is 11.7 Å². The minimum atomic E-state index is -4.40. The SMILES string of the molecule is CN=C(NCCc1nc(C(F)(F)F)cs1)NC1CCN(C(=O)C2CCCC2)C1.I. The maximum atomic E-state index is 12.6. The van der Waals surface area contributed by atoms with E-state index < -0.39 is 11.9 Å². The minimum absolute atomic E-state index is 0. The highest BCUT2D eigenvalue weighted by Gasteiger charge is 2.34. The number of likely N-dealkylation sites (tertiary alicyclic amines) is 1. The van der Waals surface area contributed by atoms with Gasteiger partial charge in [-0.3, -0.25) is 9.79 Å². The van der Waals surface area contributed by atoms with Crippen molar-refractivity contribution >= 4 is 47.2 Å². The average molecular weight is 545 g/mol. The molecule has 1 aliphatic carbocycles. The molecule has 1 atom stereocenters. The maximum Gasteiger partial charge on any atom is 0.434 e. The molecule has 29 heavy (non-hydrogen) atoms. The Bertz CT molecular complexity index is 706. The van der Waals surface area contributed by atoms with Crippen molar-refractivity contribution in [3.63, 3.8) is 0 Å². The van der Waals surface area contributed by atoms with Gasteiger partial charge in [-0.1, -0.05) is 12.8 Å². The van der Waals surface area contributed by atoms with Gasteiger partial charge >= 0.3 is 6.18 Å². The zero-order chi connectivity index (χ0) is 20.1. The number of nitrogens with zero attached hydrogens (tertiary/aromatic N) is 3. The Kier molecular flexibility index (Phi) is 8.98. The molecular formula is C18H27F3IN5OS. The van der Waals surface area contributed by atoms with Gasteiger partial charge < -0.3 is 15.5 Å². The highest BCUT2D eigenvalue weighted by molar-refractivity contribution is 14.0.